The number of benzene rings is 2. The van der Waals surface area contributed by atoms with Crippen LogP contribution in [0, 0.1) is 6.92 Å². The standard InChI is InChI=1S/C24H27NO3/c1-17-8-10-18(11-9-17)24(13-15-28-23(2,3)16-24)12-14-25-21(26)19-6-4-5-7-20(19)22(25)27/h4-11H,12-16H2,1-3H3. The smallest absolute Gasteiger partial charge is 0.261 e. The second-order valence-corrected chi connectivity index (χ2v) is 8.74. The van der Waals surface area contributed by atoms with E-state index in [1.165, 1.54) is 16.0 Å². The van der Waals surface area contributed by atoms with Crippen LogP contribution < -0.4 is 0 Å². The van der Waals surface area contributed by atoms with Crippen molar-refractivity contribution in [3.05, 3.63) is 70.8 Å². The summed E-state index contributed by atoms with van der Waals surface area (Å²) in [5.41, 5.74) is 3.20. The molecule has 0 aromatic heterocycles. The molecule has 4 nitrogen and oxygen atoms in total. The van der Waals surface area contributed by atoms with Gasteiger partial charge in [0.25, 0.3) is 11.8 Å². The number of imide groups is 1. The summed E-state index contributed by atoms with van der Waals surface area (Å²) in [5.74, 6) is -0.350. The van der Waals surface area contributed by atoms with Crippen LogP contribution in [-0.4, -0.2) is 35.5 Å². The van der Waals surface area contributed by atoms with E-state index in [0.29, 0.717) is 24.3 Å². The zero-order valence-corrected chi connectivity index (χ0v) is 16.8. The first-order valence-corrected chi connectivity index (χ1v) is 9.98. The first-order chi connectivity index (χ1) is 13.3. The lowest BCUT2D eigenvalue weighted by molar-refractivity contribution is -0.0846. The second kappa shape index (κ2) is 6.85. The van der Waals surface area contributed by atoms with Crippen molar-refractivity contribution in [2.45, 2.75) is 51.0 Å². The summed E-state index contributed by atoms with van der Waals surface area (Å²) in [7, 11) is 0. The first kappa shape index (κ1) is 18.9. The van der Waals surface area contributed by atoms with Crippen molar-refractivity contribution in [2.24, 2.45) is 0 Å². The normalized spacial score (nSPS) is 23.8. The molecule has 0 radical (unpaired) electrons. The number of ether oxygens (including phenoxy) is 1. The number of aryl methyl sites for hydroxylation is 1. The molecule has 0 aliphatic carbocycles. The highest BCUT2D eigenvalue weighted by Crippen LogP contribution is 2.44. The van der Waals surface area contributed by atoms with E-state index in [-0.39, 0.29) is 22.8 Å². The van der Waals surface area contributed by atoms with Crippen LogP contribution in [0.2, 0.25) is 0 Å². The van der Waals surface area contributed by atoms with Gasteiger partial charge in [-0.15, -0.1) is 0 Å². The Morgan fingerprint density at radius 3 is 2.14 bits per heavy atom. The highest BCUT2D eigenvalue weighted by atomic mass is 16.5. The molecule has 28 heavy (non-hydrogen) atoms. The van der Waals surface area contributed by atoms with Gasteiger partial charge in [-0.25, -0.2) is 0 Å². The zero-order chi connectivity index (χ0) is 19.9. The van der Waals surface area contributed by atoms with Crippen molar-refractivity contribution in [1.29, 1.82) is 0 Å². The highest BCUT2D eigenvalue weighted by Gasteiger charge is 2.44. The van der Waals surface area contributed by atoms with Crippen molar-refractivity contribution in [3.8, 4) is 0 Å². The van der Waals surface area contributed by atoms with Crippen molar-refractivity contribution < 1.29 is 14.3 Å². The summed E-state index contributed by atoms with van der Waals surface area (Å²) < 4.78 is 5.98. The number of hydrogen-bond donors (Lipinski definition) is 0. The third-order valence-corrected chi connectivity index (χ3v) is 6.19. The number of hydrogen-bond acceptors (Lipinski definition) is 3. The van der Waals surface area contributed by atoms with Gasteiger partial charge in [0.05, 0.1) is 16.7 Å². The quantitative estimate of drug-likeness (QED) is 0.737. The van der Waals surface area contributed by atoms with Gasteiger partial charge < -0.3 is 4.74 Å². The van der Waals surface area contributed by atoms with Crippen LogP contribution in [0.4, 0.5) is 0 Å². The Bertz CT molecular complexity index is 881. The summed E-state index contributed by atoms with van der Waals surface area (Å²) in [6, 6.07) is 15.8. The minimum absolute atomic E-state index is 0.106. The molecule has 0 spiro atoms. The molecule has 1 unspecified atom stereocenters. The zero-order valence-electron chi connectivity index (χ0n) is 16.8. The van der Waals surface area contributed by atoms with E-state index in [1.54, 1.807) is 12.1 Å². The van der Waals surface area contributed by atoms with Crippen LogP contribution in [0.15, 0.2) is 48.5 Å². The number of amides is 2. The number of carbonyl (C=O) groups excluding carboxylic acids is 2. The van der Waals surface area contributed by atoms with Gasteiger partial charge >= 0.3 is 0 Å². The molecule has 1 atom stereocenters. The molecule has 2 aromatic carbocycles. The third kappa shape index (κ3) is 3.26. The van der Waals surface area contributed by atoms with E-state index in [1.807, 2.05) is 12.1 Å². The second-order valence-electron chi connectivity index (χ2n) is 8.74. The van der Waals surface area contributed by atoms with Crippen LogP contribution >= 0.6 is 0 Å². The Labute approximate surface area is 166 Å². The number of nitrogens with zero attached hydrogens (tertiary/aromatic N) is 1. The predicted octanol–water partition coefficient (Wildman–Crippen LogP) is 4.51. The van der Waals surface area contributed by atoms with Gasteiger partial charge in [0, 0.05) is 18.6 Å². The van der Waals surface area contributed by atoms with E-state index in [9.17, 15) is 9.59 Å². The van der Waals surface area contributed by atoms with E-state index in [0.717, 1.165) is 19.3 Å². The Balaban J connectivity index is 1.62. The molecule has 0 saturated carbocycles. The number of carbonyl (C=O) groups is 2. The number of rotatable bonds is 4. The fourth-order valence-corrected chi connectivity index (χ4v) is 4.76. The maximum Gasteiger partial charge on any atom is 0.261 e. The average molecular weight is 377 g/mol. The first-order valence-electron chi connectivity index (χ1n) is 9.98. The molecule has 146 valence electrons. The minimum atomic E-state index is -0.231. The Morgan fingerprint density at radius 1 is 0.964 bits per heavy atom. The third-order valence-electron chi connectivity index (χ3n) is 6.19. The molecule has 2 amide bonds. The molecule has 2 aliphatic rings. The van der Waals surface area contributed by atoms with Gasteiger partial charge in [0.2, 0.25) is 0 Å². The fraction of sp³-hybridized carbons (Fsp3) is 0.417. The maximum absolute atomic E-state index is 12.8. The van der Waals surface area contributed by atoms with Gasteiger partial charge in [-0.1, -0.05) is 42.0 Å². The lowest BCUT2D eigenvalue weighted by atomic mass is 9.67. The molecular weight excluding hydrogens is 350 g/mol. The van der Waals surface area contributed by atoms with Gasteiger partial charge in [-0.05, 0) is 57.7 Å². The maximum atomic E-state index is 12.8. The fourth-order valence-electron chi connectivity index (χ4n) is 4.76. The summed E-state index contributed by atoms with van der Waals surface area (Å²) >= 11 is 0. The molecule has 1 saturated heterocycles. The van der Waals surface area contributed by atoms with Crippen LogP contribution in [0.3, 0.4) is 0 Å². The largest absolute Gasteiger partial charge is 0.376 e. The molecule has 0 N–H and O–H groups in total. The molecular formula is C24H27NO3. The summed E-state index contributed by atoms with van der Waals surface area (Å²) in [6.45, 7) is 7.44. The molecule has 2 aromatic rings. The molecule has 2 heterocycles. The SMILES string of the molecule is Cc1ccc(C2(CCN3C(=O)c4ccccc4C3=O)CCOC(C)(C)C2)cc1. The molecule has 4 rings (SSSR count). The predicted molar refractivity (Wildman–Crippen MR) is 109 cm³/mol. The Kier molecular flexibility index (Phi) is 4.62. The van der Waals surface area contributed by atoms with Gasteiger partial charge in [-0.3, -0.25) is 14.5 Å². The lowest BCUT2D eigenvalue weighted by Gasteiger charge is -2.46. The summed E-state index contributed by atoms with van der Waals surface area (Å²) in [5, 5.41) is 0. The lowest BCUT2D eigenvalue weighted by Crippen LogP contribution is -2.46. The molecule has 0 bridgehead atoms. The topological polar surface area (TPSA) is 46.6 Å². The van der Waals surface area contributed by atoms with Crippen LogP contribution in [0.25, 0.3) is 0 Å². The van der Waals surface area contributed by atoms with Crippen molar-refractivity contribution >= 4 is 11.8 Å². The summed E-state index contributed by atoms with van der Waals surface area (Å²) in [6.07, 6.45) is 2.50. The monoisotopic (exact) mass is 377 g/mol. The van der Waals surface area contributed by atoms with E-state index in [4.69, 9.17) is 4.74 Å². The van der Waals surface area contributed by atoms with Crippen molar-refractivity contribution in [2.75, 3.05) is 13.2 Å². The number of fused-ring (bicyclic) bond motifs is 1. The van der Waals surface area contributed by atoms with E-state index < -0.39 is 0 Å². The van der Waals surface area contributed by atoms with Gasteiger partial charge in [0.1, 0.15) is 0 Å². The van der Waals surface area contributed by atoms with Crippen molar-refractivity contribution in [3.63, 3.8) is 0 Å². The van der Waals surface area contributed by atoms with Gasteiger partial charge in [-0.2, -0.15) is 0 Å². The highest BCUT2D eigenvalue weighted by molar-refractivity contribution is 6.21. The molecule has 2 aliphatic heterocycles. The van der Waals surface area contributed by atoms with E-state index >= 15 is 0 Å². The van der Waals surface area contributed by atoms with Crippen molar-refractivity contribution in [1.82, 2.24) is 4.90 Å². The van der Waals surface area contributed by atoms with Gasteiger partial charge in [0.15, 0.2) is 0 Å². The average Bonchev–Trinajstić information content (AvgIpc) is 2.91. The molecule has 4 heteroatoms. The van der Waals surface area contributed by atoms with Crippen LogP contribution in [0.1, 0.15) is 65.0 Å². The molecule has 1 fully saturated rings. The van der Waals surface area contributed by atoms with Crippen LogP contribution in [-0.2, 0) is 10.2 Å². The van der Waals surface area contributed by atoms with Crippen LogP contribution in [0.5, 0.6) is 0 Å². The van der Waals surface area contributed by atoms with E-state index in [2.05, 4.69) is 45.0 Å². The Hall–Kier alpha value is -2.46. The Morgan fingerprint density at radius 2 is 1.57 bits per heavy atom. The summed E-state index contributed by atoms with van der Waals surface area (Å²) in [4.78, 5) is 27.0. The minimum Gasteiger partial charge on any atom is -0.376 e.